The van der Waals surface area contributed by atoms with Crippen LogP contribution in [0.5, 0.6) is 0 Å². The number of nitrogens with zero attached hydrogens (tertiary/aromatic N) is 1. The first-order valence-electron chi connectivity index (χ1n) is 7.76. The zero-order chi connectivity index (χ0) is 16.2. The number of ether oxygens (including phenoxy) is 1. The van der Waals surface area contributed by atoms with Crippen molar-refractivity contribution in [2.24, 2.45) is 5.92 Å². The number of benzene rings is 1. The van der Waals surface area contributed by atoms with Crippen LogP contribution < -0.4 is 0 Å². The fourth-order valence-electron chi connectivity index (χ4n) is 3.26. The highest BCUT2D eigenvalue weighted by atomic mass is 79.9. The van der Waals surface area contributed by atoms with Crippen molar-refractivity contribution in [2.75, 3.05) is 26.3 Å². The van der Waals surface area contributed by atoms with E-state index in [0.717, 1.165) is 23.1 Å². The molecule has 1 heterocycles. The predicted molar refractivity (Wildman–Crippen MR) is 93.2 cm³/mol. The molecule has 0 aliphatic carbocycles. The number of morpholine rings is 1. The molecule has 120 valence electrons. The van der Waals surface area contributed by atoms with Crippen molar-refractivity contribution in [3.63, 3.8) is 0 Å². The summed E-state index contributed by atoms with van der Waals surface area (Å²) in [5, 5.41) is 0. The van der Waals surface area contributed by atoms with Crippen LogP contribution in [0.4, 0.5) is 0 Å². The molecule has 3 nitrogen and oxygen atoms in total. The van der Waals surface area contributed by atoms with E-state index in [0.29, 0.717) is 19.6 Å². The van der Waals surface area contributed by atoms with Gasteiger partial charge in [-0.25, -0.2) is 0 Å². The molecule has 1 aromatic carbocycles. The largest absolute Gasteiger partial charge is 0.379 e. The third-order valence-corrected chi connectivity index (χ3v) is 5.01. The van der Waals surface area contributed by atoms with E-state index >= 15 is 0 Å². The Balaban J connectivity index is 2.43. The Morgan fingerprint density at radius 2 is 1.95 bits per heavy atom. The summed E-state index contributed by atoms with van der Waals surface area (Å²) in [6.45, 7) is 11.1. The summed E-state index contributed by atoms with van der Waals surface area (Å²) in [6.07, 6.45) is 2.52. The number of hydrogen-bond donors (Lipinski definition) is 0. The van der Waals surface area contributed by atoms with Gasteiger partial charge in [0.25, 0.3) is 0 Å². The van der Waals surface area contributed by atoms with Crippen LogP contribution in [-0.4, -0.2) is 42.5 Å². The maximum atomic E-state index is 13.4. The van der Waals surface area contributed by atoms with Gasteiger partial charge in [-0.05, 0) is 24.5 Å². The van der Waals surface area contributed by atoms with E-state index < -0.39 is 5.54 Å². The van der Waals surface area contributed by atoms with E-state index in [1.54, 1.807) is 0 Å². The molecule has 0 spiro atoms. The molecule has 1 aromatic rings. The van der Waals surface area contributed by atoms with E-state index in [1.165, 1.54) is 0 Å². The second-order valence-corrected chi connectivity index (χ2v) is 6.92. The predicted octanol–water partition coefficient (Wildman–Crippen LogP) is 3.93. The molecule has 0 bridgehead atoms. The number of ketones is 1. The number of carbonyl (C=O) groups excluding carboxylic acids is 1. The number of Topliss-reactive ketones (excluding diaryl/α,β-unsaturated/α-hetero) is 1. The van der Waals surface area contributed by atoms with Crippen LogP contribution in [0, 0.1) is 5.92 Å². The highest BCUT2D eigenvalue weighted by Gasteiger charge is 2.46. The van der Waals surface area contributed by atoms with Gasteiger partial charge in [-0.2, -0.15) is 0 Å². The summed E-state index contributed by atoms with van der Waals surface area (Å²) in [5.74, 6) is 0.372. The zero-order valence-corrected chi connectivity index (χ0v) is 14.9. The Morgan fingerprint density at radius 3 is 2.45 bits per heavy atom. The number of hydrogen-bond acceptors (Lipinski definition) is 3. The highest BCUT2D eigenvalue weighted by molar-refractivity contribution is 9.10. The Kier molecular flexibility index (Phi) is 5.95. The molecule has 0 N–H and O–H groups in total. The molecule has 1 saturated heterocycles. The average molecular weight is 366 g/mol. The minimum Gasteiger partial charge on any atom is -0.379 e. The summed E-state index contributed by atoms with van der Waals surface area (Å²) in [4.78, 5) is 15.6. The third-order valence-electron chi connectivity index (χ3n) is 4.49. The Bertz CT molecular complexity index is 520. The molecular formula is C18H24BrNO2. The standard InChI is InChI=1S/C18H24BrNO2/c1-4-9-18(14(2)3,20-10-12-22-13-11-20)17(21)15-5-7-16(19)8-6-15/h4-8,14H,1,9-13H2,2-3H3. The molecule has 2 rings (SSSR count). The molecule has 22 heavy (non-hydrogen) atoms. The van der Waals surface area contributed by atoms with Crippen molar-refractivity contribution in [1.82, 2.24) is 4.90 Å². The highest BCUT2D eigenvalue weighted by Crippen LogP contribution is 2.34. The van der Waals surface area contributed by atoms with E-state index in [9.17, 15) is 4.79 Å². The van der Waals surface area contributed by atoms with Crippen molar-refractivity contribution in [3.05, 3.63) is 47.0 Å². The van der Waals surface area contributed by atoms with Crippen LogP contribution in [0.3, 0.4) is 0 Å². The molecule has 0 saturated carbocycles. The maximum Gasteiger partial charge on any atom is 0.183 e. The van der Waals surface area contributed by atoms with Crippen LogP contribution >= 0.6 is 15.9 Å². The SMILES string of the molecule is C=CCC(C(=O)c1ccc(Br)cc1)(C(C)C)N1CCOCC1. The first kappa shape index (κ1) is 17.4. The van der Waals surface area contributed by atoms with Crippen LogP contribution in [0.2, 0.25) is 0 Å². The van der Waals surface area contributed by atoms with Gasteiger partial charge in [-0.3, -0.25) is 9.69 Å². The summed E-state index contributed by atoms with van der Waals surface area (Å²) in [6, 6.07) is 7.64. The van der Waals surface area contributed by atoms with Crippen molar-refractivity contribution < 1.29 is 9.53 Å². The normalized spacial score (nSPS) is 18.9. The topological polar surface area (TPSA) is 29.5 Å². The van der Waals surface area contributed by atoms with Crippen LogP contribution in [0.15, 0.2) is 41.4 Å². The van der Waals surface area contributed by atoms with Crippen molar-refractivity contribution >= 4 is 21.7 Å². The maximum absolute atomic E-state index is 13.4. The van der Waals surface area contributed by atoms with Gasteiger partial charge in [0.15, 0.2) is 5.78 Å². The third kappa shape index (κ3) is 3.34. The molecule has 0 aromatic heterocycles. The molecule has 4 heteroatoms. The fraction of sp³-hybridized carbons (Fsp3) is 0.500. The van der Waals surface area contributed by atoms with Gasteiger partial charge in [-0.1, -0.05) is 48.0 Å². The molecule has 1 unspecified atom stereocenters. The van der Waals surface area contributed by atoms with Gasteiger partial charge in [-0.15, -0.1) is 6.58 Å². The number of rotatable bonds is 6. The van der Waals surface area contributed by atoms with Crippen LogP contribution in [0.25, 0.3) is 0 Å². The Morgan fingerprint density at radius 1 is 1.36 bits per heavy atom. The first-order valence-corrected chi connectivity index (χ1v) is 8.55. The van der Waals surface area contributed by atoms with Gasteiger partial charge in [0.2, 0.25) is 0 Å². The van der Waals surface area contributed by atoms with E-state index in [-0.39, 0.29) is 11.7 Å². The van der Waals surface area contributed by atoms with E-state index in [1.807, 2.05) is 30.3 Å². The smallest absolute Gasteiger partial charge is 0.183 e. The molecule has 1 fully saturated rings. The monoisotopic (exact) mass is 365 g/mol. The fourth-order valence-corrected chi connectivity index (χ4v) is 3.53. The summed E-state index contributed by atoms with van der Waals surface area (Å²) in [7, 11) is 0. The minimum atomic E-state index is -0.542. The van der Waals surface area contributed by atoms with E-state index in [4.69, 9.17) is 4.74 Å². The molecule has 0 amide bonds. The van der Waals surface area contributed by atoms with Gasteiger partial charge in [0.1, 0.15) is 0 Å². The lowest BCUT2D eigenvalue weighted by molar-refractivity contribution is -0.0289. The van der Waals surface area contributed by atoms with Gasteiger partial charge < -0.3 is 4.74 Å². The van der Waals surface area contributed by atoms with E-state index in [2.05, 4.69) is 41.3 Å². The molecule has 1 aliphatic rings. The summed E-state index contributed by atoms with van der Waals surface area (Å²) in [5.41, 5.74) is 0.213. The van der Waals surface area contributed by atoms with Gasteiger partial charge >= 0.3 is 0 Å². The van der Waals surface area contributed by atoms with Crippen LogP contribution in [0.1, 0.15) is 30.6 Å². The lowest BCUT2D eigenvalue weighted by atomic mass is 9.75. The molecule has 0 radical (unpaired) electrons. The van der Waals surface area contributed by atoms with Crippen LogP contribution in [-0.2, 0) is 4.74 Å². The van der Waals surface area contributed by atoms with Gasteiger partial charge in [0.05, 0.1) is 18.8 Å². The summed E-state index contributed by atoms with van der Waals surface area (Å²) < 4.78 is 6.45. The molecular weight excluding hydrogens is 342 g/mol. The lowest BCUT2D eigenvalue weighted by Crippen LogP contribution is -2.61. The number of halogens is 1. The lowest BCUT2D eigenvalue weighted by Gasteiger charge is -2.47. The first-order chi connectivity index (χ1) is 10.5. The quantitative estimate of drug-likeness (QED) is 0.564. The summed E-state index contributed by atoms with van der Waals surface area (Å²) >= 11 is 3.43. The minimum absolute atomic E-state index is 0.178. The Hall–Kier alpha value is -0.970. The average Bonchev–Trinajstić information content (AvgIpc) is 2.53. The van der Waals surface area contributed by atoms with Gasteiger partial charge in [0, 0.05) is 23.1 Å². The van der Waals surface area contributed by atoms with Crippen molar-refractivity contribution in [3.8, 4) is 0 Å². The number of carbonyl (C=O) groups is 1. The molecule has 1 atom stereocenters. The Labute approximate surface area is 141 Å². The zero-order valence-electron chi connectivity index (χ0n) is 13.3. The second kappa shape index (κ2) is 7.53. The second-order valence-electron chi connectivity index (χ2n) is 6.01. The van der Waals surface area contributed by atoms with Crippen molar-refractivity contribution in [2.45, 2.75) is 25.8 Å². The molecule has 1 aliphatic heterocycles. The van der Waals surface area contributed by atoms with Crippen molar-refractivity contribution in [1.29, 1.82) is 0 Å².